The second-order valence-electron chi connectivity index (χ2n) is 6.15. The molecular weight excluding hydrogens is 314 g/mol. The first kappa shape index (κ1) is 19.9. The van der Waals surface area contributed by atoms with Gasteiger partial charge in [-0.15, -0.1) is 0 Å². The van der Waals surface area contributed by atoms with Gasteiger partial charge in [-0.05, 0) is 26.3 Å². The predicted molar refractivity (Wildman–Crippen MR) is 87.7 cm³/mol. The molecule has 1 atom stereocenters. The van der Waals surface area contributed by atoms with E-state index in [1.54, 1.807) is 20.8 Å². The summed E-state index contributed by atoms with van der Waals surface area (Å²) in [4.78, 5) is 22.7. The molecule has 0 aliphatic carbocycles. The smallest absolute Gasteiger partial charge is 0.408 e. The Morgan fingerprint density at radius 3 is 2.33 bits per heavy atom. The Balaban J connectivity index is 2.22. The number of carbonyl (C=O) groups is 2. The summed E-state index contributed by atoms with van der Waals surface area (Å²) in [5.41, 5.74) is 0.353. The highest BCUT2D eigenvalue weighted by atomic mass is 16.6. The van der Waals surface area contributed by atoms with Gasteiger partial charge in [0, 0.05) is 0 Å². The van der Waals surface area contributed by atoms with Crippen LogP contribution in [0.2, 0.25) is 0 Å². The minimum absolute atomic E-state index is 0.163. The quantitative estimate of drug-likeness (QED) is 0.670. The number of ether oxygens (including phenoxy) is 3. The summed E-state index contributed by atoms with van der Waals surface area (Å²) in [6.07, 6.45) is -0.793. The maximum absolute atomic E-state index is 11.6. The lowest BCUT2D eigenvalue weighted by atomic mass is 10.2. The molecule has 0 aliphatic rings. The highest BCUT2D eigenvalue weighted by Gasteiger charge is 2.24. The van der Waals surface area contributed by atoms with E-state index < -0.39 is 23.7 Å². The lowest BCUT2D eigenvalue weighted by molar-refractivity contribution is -0.141. The fourth-order valence-electron chi connectivity index (χ4n) is 1.71. The third-order valence-corrected chi connectivity index (χ3v) is 2.76. The Kier molecular flexibility index (Phi) is 8.21. The van der Waals surface area contributed by atoms with Crippen LogP contribution in [0.4, 0.5) is 4.79 Å². The van der Waals surface area contributed by atoms with E-state index in [4.69, 9.17) is 19.3 Å². The fourth-order valence-corrected chi connectivity index (χ4v) is 1.71. The summed E-state index contributed by atoms with van der Waals surface area (Å²) in [6, 6.07) is 8.51. The Morgan fingerprint density at radius 2 is 1.75 bits per heavy atom. The Labute approximate surface area is 141 Å². The minimum Gasteiger partial charge on any atom is -0.480 e. The maximum atomic E-state index is 11.6. The molecule has 0 bridgehead atoms. The number of carbonyl (C=O) groups excluding carboxylic acids is 1. The summed E-state index contributed by atoms with van der Waals surface area (Å²) in [7, 11) is 0. The Hall–Kier alpha value is -2.12. The van der Waals surface area contributed by atoms with E-state index in [2.05, 4.69) is 5.32 Å². The van der Waals surface area contributed by atoms with E-state index >= 15 is 0 Å². The molecule has 2 N–H and O–H groups in total. The second-order valence-corrected chi connectivity index (χ2v) is 6.15. The largest absolute Gasteiger partial charge is 0.480 e. The number of aliphatic carboxylic acids is 1. The number of hydrogen-bond acceptors (Lipinski definition) is 5. The molecule has 7 heteroatoms. The molecule has 0 spiro atoms. The lowest BCUT2D eigenvalue weighted by Gasteiger charge is -2.22. The highest BCUT2D eigenvalue weighted by Crippen LogP contribution is 2.07. The van der Waals surface area contributed by atoms with Crippen LogP contribution in [0, 0.1) is 0 Å². The van der Waals surface area contributed by atoms with Crippen molar-refractivity contribution in [3.05, 3.63) is 35.9 Å². The molecule has 0 radical (unpaired) electrons. The van der Waals surface area contributed by atoms with Crippen molar-refractivity contribution < 1.29 is 28.9 Å². The maximum Gasteiger partial charge on any atom is 0.408 e. The van der Waals surface area contributed by atoms with Crippen LogP contribution in [0.5, 0.6) is 0 Å². The first-order chi connectivity index (χ1) is 11.3. The topological polar surface area (TPSA) is 94.1 Å². The number of carboxylic acid groups (broad SMARTS) is 1. The predicted octanol–water partition coefficient (Wildman–Crippen LogP) is 2.20. The molecule has 24 heavy (non-hydrogen) atoms. The van der Waals surface area contributed by atoms with Crippen LogP contribution >= 0.6 is 0 Å². The molecule has 0 aliphatic heterocycles. The van der Waals surface area contributed by atoms with Crippen molar-refractivity contribution in [3.63, 3.8) is 0 Å². The first-order valence-corrected chi connectivity index (χ1v) is 7.69. The normalized spacial score (nSPS) is 12.5. The van der Waals surface area contributed by atoms with Gasteiger partial charge < -0.3 is 24.6 Å². The van der Waals surface area contributed by atoms with E-state index in [1.165, 1.54) is 0 Å². The third-order valence-electron chi connectivity index (χ3n) is 2.76. The Bertz CT molecular complexity index is 512. The molecule has 0 saturated carbocycles. The number of benzene rings is 1. The molecule has 0 heterocycles. The second kappa shape index (κ2) is 9.89. The van der Waals surface area contributed by atoms with Gasteiger partial charge in [-0.2, -0.15) is 0 Å². The molecule has 1 aromatic carbocycles. The zero-order chi connectivity index (χ0) is 18.0. The molecule has 0 unspecified atom stereocenters. The first-order valence-electron chi connectivity index (χ1n) is 7.69. The van der Waals surface area contributed by atoms with Crippen molar-refractivity contribution >= 4 is 12.1 Å². The van der Waals surface area contributed by atoms with Crippen LogP contribution in [-0.4, -0.2) is 48.6 Å². The number of hydrogen-bond donors (Lipinski definition) is 2. The number of carboxylic acids is 1. The van der Waals surface area contributed by atoms with Gasteiger partial charge in [-0.1, -0.05) is 30.3 Å². The van der Waals surface area contributed by atoms with Crippen molar-refractivity contribution in [1.29, 1.82) is 0 Å². The summed E-state index contributed by atoms with van der Waals surface area (Å²) in [6.45, 7) is 5.95. The van der Waals surface area contributed by atoms with Crippen LogP contribution in [0.3, 0.4) is 0 Å². The van der Waals surface area contributed by atoms with Gasteiger partial charge in [0.2, 0.25) is 0 Å². The number of nitrogens with one attached hydrogen (secondary N) is 1. The van der Waals surface area contributed by atoms with Crippen LogP contribution in [0.15, 0.2) is 30.3 Å². The third kappa shape index (κ3) is 9.12. The van der Waals surface area contributed by atoms with Gasteiger partial charge in [0.1, 0.15) is 5.60 Å². The average molecular weight is 339 g/mol. The molecule has 1 rings (SSSR count). The van der Waals surface area contributed by atoms with Gasteiger partial charge in [-0.3, -0.25) is 0 Å². The molecule has 0 aromatic heterocycles. The van der Waals surface area contributed by atoms with Crippen LogP contribution < -0.4 is 5.32 Å². The molecular formula is C17H25NO6. The highest BCUT2D eigenvalue weighted by molar-refractivity contribution is 5.80. The van der Waals surface area contributed by atoms with Gasteiger partial charge in [0.15, 0.2) is 6.04 Å². The number of alkyl carbamates (subject to hydrolysis) is 1. The monoisotopic (exact) mass is 339 g/mol. The molecule has 1 amide bonds. The van der Waals surface area contributed by atoms with Gasteiger partial charge in [0.05, 0.1) is 26.4 Å². The number of rotatable bonds is 9. The van der Waals surface area contributed by atoms with Gasteiger partial charge in [-0.25, -0.2) is 9.59 Å². The van der Waals surface area contributed by atoms with Crippen molar-refractivity contribution in [3.8, 4) is 0 Å². The summed E-state index contributed by atoms with van der Waals surface area (Å²) in [5, 5.41) is 11.4. The molecule has 0 fully saturated rings. The van der Waals surface area contributed by atoms with E-state index in [0.29, 0.717) is 13.2 Å². The van der Waals surface area contributed by atoms with Crippen molar-refractivity contribution in [2.24, 2.45) is 0 Å². The van der Waals surface area contributed by atoms with Crippen LogP contribution in [0.1, 0.15) is 26.3 Å². The molecule has 1 aromatic rings. The summed E-state index contributed by atoms with van der Waals surface area (Å²) in [5.74, 6) is -1.19. The van der Waals surface area contributed by atoms with E-state index in [0.717, 1.165) is 5.56 Å². The van der Waals surface area contributed by atoms with E-state index in [9.17, 15) is 9.59 Å². The zero-order valence-electron chi connectivity index (χ0n) is 14.3. The lowest BCUT2D eigenvalue weighted by Crippen LogP contribution is -2.46. The minimum atomic E-state index is -1.19. The average Bonchev–Trinajstić information content (AvgIpc) is 2.48. The summed E-state index contributed by atoms with van der Waals surface area (Å²) < 4.78 is 15.7. The standard InChI is InChI=1S/C17H25NO6/c1-17(2,3)24-16(21)18-14(15(19)20)12-23-10-9-22-11-13-7-5-4-6-8-13/h4-8,14H,9-12H2,1-3H3,(H,18,21)(H,19,20)/t14-/m0/s1. The van der Waals surface area contributed by atoms with Crippen molar-refractivity contribution in [2.45, 2.75) is 39.0 Å². The van der Waals surface area contributed by atoms with Crippen molar-refractivity contribution in [2.75, 3.05) is 19.8 Å². The van der Waals surface area contributed by atoms with E-state index in [1.807, 2.05) is 30.3 Å². The Morgan fingerprint density at radius 1 is 1.12 bits per heavy atom. The molecule has 7 nitrogen and oxygen atoms in total. The van der Waals surface area contributed by atoms with Crippen LogP contribution in [-0.2, 0) is 25.6 Å². The van der Waals surface area contributed by atoms with Crippen molar-refractivity contribution in [1.82, 2.24) is 5.32 Å². The van der Waals surface area contributed by atoms with Gasteiger partial charge >= 0.3 is 12.1 Å². The molecule has 0 saturated heterocycles. The molecule has 134 valence electrons. The fraction of sp³-hybridized carbons (Fsp3) is 0.529. The van der Waals surface area contributed by atoms with E-state index in [-0.39, 0.29) is 13.2 Å². The van der Waals surface area contributed by atoms with Gasteiger partial charge in [0.25, 0.3) is 0 Å². The SMILES string of the molecule is CC(C)(C)OC(=O)N[C@@H](COCCOCc1ccccc1)C(=O)O. The zero-order valence-corrected chi connectivity index (χ0v) is 14.3. The summed E-state index contributed by atoms with van der Waals surface area (Å²) >= 11 is 0. The van der Waals surface area contributed by atoms with Crippen LogP contribution in [0.25, 0.3) is 0 Å². The number of amides is 1.